The van der Waals surface area contributed by atoms with Gasteiger partial charge in [0.2, 0.25) is 5.91 Å². The minimum atomic E-state index is -1.99. The van der Waals surface area contributed by atoms with Gasteiger partial charge in [-0.1, -0.05) is 44.0 Å². The van der Waals surface area contributed by atoms with E-state index in [4.69, 9.17) is 16.0 Å². The zero-order chi connectivity index (χ0) is 19.4. The second kappa shape index (κ2) is 8.47. The molecule has 1 atom stereocenters. The SMILES string of the molecule is CC(C)=CC(=O)N[C@H](CO[Si](C)(C)C(C)(C)C)c1ccc(Cl)c(F)c1. The van der Waals surface area contributed by atoms with Crippen LogP contribution in [0.2, 0.25) is 23.2 Å². The maximum absolute atomic E-state index is 13.9. The average Bonchev–Trinajstić information content (AvgIpc) is 2.44. The highest BCUT2D eigenvalue weighted by atomic mass is 35.5. The van der Waals surface area contributed by atoms with Crippen molar-refractivity contribution in [1.29, 1.82) is 0 Å². The van der Waals surface area contributed by atoms with Crippen LogP contribution >= 0.6 is 11.6 Å². The van der Waals surface area contributed by atoms with Gasteiger partial charge in [0.15, 0.2) is 8.32 Å². The third kappa shape index (κ3) is 6.57. The monoisotopic (exact) mass is 385 g/mol. The molecule has 0 fully saturated rings. The summed E-state index contributed by atoms with van der Waals surface area (Å²) >= 11 is 5.77. The molecule has 0 aliphatic heterocycles. The first kappa shape index (κ1) is 21.9. The number of amides is 1. The van der Waals surface area contributed by atoms with Crippen LogP contribution in [-0.2, 0) is 9.22 Å². The van der Waals surface area contributed by atoms with E-state index >= 15 is 0 Å². The third-order valence-electron chi connectivity index (χ3n) is 4.50. The summed E-state index contributed by atoms with van der Waals surface area (Å²) in [4.78, 5) is 12.2. The number of carbonyl (C=O) groups is 1. The molecule has 0 aromatic heterocycles. The largest absolute Gasteiger partial charge is 0.414 e. The Balaban J connectivity index is 3.05. The summed E-state index contributed by atoms with van der Waals surface area (Å²) in [7, 11) is -1.99. The first-order chi connectivity index (χ1) is 11.3. The van der Waals surface area contributed by atoms with Crippen LogP contribution in [0.25, 0.3) is 0 Å². The first-order valence-corrected chi connectivity index (χ1v) is 11.7. The highest BCUT2D eigenvalue weighted by Gasteiger charge is 2.37. The van der Waals surface area contributed by atoms with E-state index in [1.54, 1.807) is 6.07 Å². The van der Waals surface area contributed by atoms with Crippen LogP contribution in [-0.4, -0.2) is 20.8 Å². The Morgan fingerprint density at radius 1 is 1.36 bits per heavy atom. The third-order valence-corrected chi connectivity index (χ3v) is 9.31. The molecule has 1 aromatic rings. The number of carbonyl (C=O) groups excluding carboxylic acids is 1. The molecule has 1 rings (SSSR count). The number of benzene rings is 1. The number of halogens is 2. The normalized spacial score (nSPS) is 13.3. The predicted molar refractivity (Wildman–Crippen MR) is 105 cm³/mol. The maximum atomic E-state index is 13.9. The summed E-state index contributed by atoms with van der Waals surface area (Å²) in [6, 6.07) is 4.13. The van der Waals surface area contributed by atoms with Crippen molar-refractivity contribution < 1.29 is 13.6 Å². The molecule has 0 bridgehead atoms. The van der Waals surface area contributed by atoms with Gasteiger partial charge in [-0.15, -0.1) is 0 Å². The van der Waals surface area contributed by atoms with Crippen molar-refractivity contribution in [3.8, 4) is 0 Å². The van der Waals surface area contributed by atoms with Gasteiger partial charge in [-0.2, -0.15) is 0 Å². The van der Waals surface area contributed by atoms with Crippen LogP contribution < -0.4 is 5.32 Å². The van der Waals surface area contributed by atoms with Gasteiger partial charge in [-0.25, -0.2) is 4.39 Å². The summed E-state index contributed by atoms with van der Waals surface area (Å²) in [5.74, 6) is -0.729. The van der Waals surface area contributed by atoms with Crippen molar-refractivity contribution in [2.24, 2.45) is 0 Å². The number of rotatable bonds is 6. The lowest BCUT2D eigenvalue weighted by Gasteiger charge is -2.37. The van der Waals surface area contributed by atoms with Gasteiger partial charge in [0.05, 0.1) is 17.7 Å². The Morgan fingerprint density at radius 2 is 1.96 bits per heavy atom. The van der Waals surface area contributed by atoms with Crippen LogP contribution in [0.4, 0.5) is 4.39 Å². The molecule has 6 heteroatoms. The molecule has 0 heterocycles. The van der Waals surface area contributed by atoms with E-state index in [1.165, 1.54) is 18.2 Å². The van der Waals surface area contributed by atoms with Gasteiger partial charge in [-0.05, 0) is 49.7 Å². The van der Waals surface area contributed by atoms with Crippen LogP contribution in [0.1, 0.15) is 46.2 Å². The van der Waals surface area contributed by atoms with Crippen molar-refractivity contribution >= 4 is 25.8 Å². The molecular formula is C19H29ClFNO2Si. The molecule has 0 spiro atoms. The van der Waals surface area contributed by atoms with E-state index in [0.717, 1.165) is 5.57 Å². The lowest BCUT2D eigenvalue weighted by Crippen LogP contribution is -2.43. The van der Waals surface area contributed by atoms with Crippen LogP contribution in [0.15, 0.2) is 29.8 Å². The fourth-order valence-electron chi connectivity index (χ4n) is 1.93. The zero-order valence-electron chi connectivity index (χ0n) is 16.2. The average molecular weight is 386 g/mol. The minimum absolute atomic E-state index is 0.0483. The van der Waals surface area contributed by atoms with Crippen LogP contribution in [0.5, 0.6) is 0 Å². The molecule has 0 aliphatic carbocycles. The standard InChI is InChI=1S/C19H29ClFNO2Si/c1-13(2)10-18(23)22-17(12-24-25(6,7)19(3,4)5)14-8-9-15(20)16(21)11-14/h8-11,17H,12H2,1-7H3,(H,22,23)/t17-/m1/s1. The van der Waals surface area contributed by atoms with E-state index in [-0.39, 0.29) is 16.0 Å². The van der Waals surface area contributed by atoms with Gasteiger partial charge < -0.3 is 9.74 Å². The summed E-state index contributed by atoms with van der Waals surface area (Å²) in [5, 5.41) is 3.01. The summed E-state index contributed by atoms with van der Waals surface area (Å²) in [5.41, 5.74) is 1.53. The molecule has 1 amide bonds. The molecule has 0 saturated carbocycles. The highest BCUT2D eigenvalue weighted by Crippen LogP contribution is 2.37. The van der Waals surface area contributed by atoms with Crippen LogP contribution in [0.3, 0.4) is 0 Å². The summed E-state index contributed by atoms with van der Waals surface area (Å²) < 4.78 is 20.1. The molecule has 25 heavy (non-hydrogen) atoms. The van der Waals surface area contributed by atoms with Crippen molar-refractivity contribution in [3.63, 3.8) is 0 Å². The van der Waals surface area contributed by atoms with E-state index in [1.807, 2.05) is 13.8 Å². The Bertz CT molecular complexity index is 649. The second-order valence-corrected chi connectivity index (χ2v) is 13.2. The zero-order valence-corrected chi connectivity index (χ0v) is 17.9. The Morgan fingerprint density at radius 3 is 2.44 bits per heavy atom. The Labute approximate surface area is 156 Å². The highest BCUT2D eigenvalue weighted by molar-refractivity contribution is 6.74. The fraction of sp³-hybridized carbons (Fsp3) is 0.526. The lowest BCUT2D eigenvalue weighted by atomic mass is 10.1. The molecule has 1 N–H and O–H groups in total. The second-order valence-electron chi connectivity index (χ2n) is 8.03. The molecular weight excluding hydrogens is 357 g/mol. The quantitative estimate of drug-likeness (QED) is 0.509. The minimum Gasteiger partial charge on any atom is -0.414 e. The van der Waals surface area contributed by atoms with Crippen molar-refractivity contribution in [2.45, 2.75) is 58.8 Å². The van der Waals surface area contributed by atoms with Gasteiger partial charge in [0, 0.05) is 6.08 Å². The smallest absolute Gasteiger partial charge is 0.244 e. The molecule has 1 aromatic carbocycles. The first-order valence-electron chi connectivity index (χ1n) is 8.38. The molecule has 0 unspecified atom stereocenters. The van der Waals surface area contributed by atoms with Gasteiger partial charge in [-0.3, -0.25) is 4.79 Å². The van der Waals surface area contributed by atoms with E-state index in [0.29, 0.717) is 12.2 Å². The number of hydrogen-bond acceptors (Lipinski definition) is 2. The fourth-order valence-corrected chi connectivity index (χ4v) is 3.07. The predicted octanol–water partition coefficient (Wildman–Crippen LogP) is 5.62. The van der Waals surface area contributed by atoms with Crippen molar-refractivity contribution in [1.82, 2.24) is 5.32 Å². The summed E-state index contributed by atoms with van der Waals surface area (Å²) in [6.07, 6.45) is 1.52. The Kier molecular flexibility index (Phi) is 7.41. The number of hydrogen-bond donors (Lipinski definition) is 1. The number of nitrogens with one attached hydrogen (secondary N) is 1. The van der Waals surface area contributed by atoms with E-state index < -0.39 is 20.2 Å². The topological polar surface area (TPSA) is 38.3 Å². The van der Waals surface area contributed by atoms with Gasteiger partial charge in [0.1, 0.15) is 5.82 Å². The van der Waals surface area contributed by atoms with Crippen molar-refractivity contribution in [3.05, 3.63) is 46.3 Å². The number of allylic oxidation sites excluding steroid dienone is 1. The summed E-state index contributed by atoms with van der Waals surface area (Å²) in [6.45, 7) is 14.7. The van der Waals surface area contributed by atoms with E-state index in [9.17, 15) is 9.18 Å². The molecule has 0 saturated heterocycles. The molecule has 3 nitrogen and oxygen atoms in total. The molecule has 0 radical (unpaired) electrons. The van der Waals surface area contributed by atoms with Gasteiger partial charge in [0.25, 0.3) is 0 Å². The molecule has 0 aliphatic rings. The van der Waals surface area contributed by atoms with E-state index in [2.05, 4.69) is 39.2 Å². The lowest BCUT2D eigenvalue weighted by molar-refractivity contribution is -0.117. The van der Waals surface area contributed by atoms with Crippen molar-refractivity contribution in [2.75, 3.05) is 6.61 Å². The van der Waals surface area contributed by atoms with Gasteiger partial charge >= 0.3 is 0 Å². The van der Waals surface area contributed by atoms with Crippen LogP contribution in [0, 0.1) is 5.82 Å². The molecule has 140 valence electrons. The Hall–Kier alpha value is -1.17. The maximum Gasteiger partial charge on any atom is 0.244 e.